The Balaban J connectivity index is 1.38. The molecular formula is C25H30N3O2+. The molecular weight excluding hydrogens is 374 g/mol. The molecule has 0 amide bonds. The molecule has 0 radical (unpaired) electrons. The largest absolute Gasteiger partial charge is 0.508 e. The van der Waals surface area contributed by atoms with E-state index in [1.807, 2.05) is 24.3 Å². The molecule has 156 valence electrons. The predicted molar refractivity (Wildman–Crippen MR) is 120 cm³/mol. The molecule has 0 saturated carbocycles. The van der Waals surface area contributed by atoms with Gasteiger partial charge in [-0.1, -0.05) is 30.3 Å². The third kappa shape index (κ3) is 4.41. The van der Waals surface area contributed by atoms with E-state index in [0.29, 0.717) is 12.3 Å². The Morgan fingerprint density at radius 1 is 1.00 bits per heavy atom. The molecule has 30 heavy (non-hydrogen) atoms. The fourth-order valence-electron chi connectivity index (χ4n) is 4.34. The van der Waals surface area contributed by atoms with Crippen LogP contribution in [0, 0.1) is 13.8 Å². The number of rotatable bonds is 6. The molecule has 1 aromatic heterocycles. The van der Waals surface area contributed by atoms with Crippen LogP contribution in [0.2, 0.25) is 0 Å². The van der Waals surface area contributed by atoms with Gasteiger partial charge < -0.3 is 19.5 Å². The Bertz CT molecular complexity index is 1000. The number of aryl methyl sites for hydroxylation is 1. The van der Waals surface area contributed by atoms with Gasteiger partial charge in [-0.3, -0.25) is 4.79 Å². The number of carbonyl (C=O) groups is 1. The minimum Gasteiger partial charge on any atom is -0.508 e. The van der Waals surface area contributed by atoms with Crippen molar-refractivity contribution >= 4 is 11.5 Å². The van der Waals surface area contributed by atoms with Crippen LogP contribution >= 0.6 is 0 Å². The normalized spacial score (nSPS) is 14.8. The van der Waals surface area contributed by atoms with Gasteiger partial charge in [0, 0.05) is 29.2 Å². The molecule has 0 spiro atoms. The fourth-order valence-corrected chi connectivity index (χ4v) is 4.34. The molecule has 2 N–H and O–H groups in total. The third-order valence-corrected chi connectivity index (χ3v) is 6.15. The number of hydrogen-bond acceptors (Lipinski definition) is 3. The molecule has 2 heterocycles. The summed E-state index contributed by atoms with van der Waals surface area (Å²) in [6.07, 6.45) is 0. The number of phenols is 1. The number of carbonyl (C=O) groups excluding carboxylic acids is 1. The number of hydrogen-bond donors (Lipinski definition) is 2. The number of piperazine rings is 1. The number of phenolic OH excluding ortho intramolecular Hbond substituents is 1. The van der Waals surface area contributed by atoms with Gasteiger partial charge in [0.05, 0.1) is 26.2 Å². The minimum atomic E-state index is 0.232. The van der Waals surface area contributed by atoms with E-state index in [-0.39, 0.29) is 5.78 Å². The summed E-state index contributed by atoms with van der Waals surface area (Å²) in [5.41, 5.74) is 5.42. The number of quaternary nitrogens is 1. The molecule has 1 aliphatic rings. The highest BCUT2D eigenvalue weighted by molar-refractivity contribution is 5.98. The van der Waals surface area contributed by atoms with Gasteiger partial charge in [-0.2, -0.15) is 0 Å². The molecule has 0 aliphatic carbocycles. The summed E-state index contributed by atoms with van der Waals surface area (Å²) in [6.45, 7) is 9.19. The lowest BCUT2D eigenvalue weighted by atomic mass is 10.1. The monoisotopic (exact) mass is 404 g/mol. The first-order valence-corrected chi connectivity index (χ1v) is 10.6. The van der Waals surface area contributed by atoms with Gasteiger partial charge in [-0.15, -0.1) is 0 Å². The fraction of sp³-hybridized carbons (Fsp3) is 0.320. The lowest BCUT2D eigenvalue weighted by Crippen LogP contribution is -3.15. The quantitative estimate of drug-likeness (QED) is 0.621. The summed E-state index contributed by atoms with van der Waals surface area (Å²) < 4.78 is 2.24. The summed E-state index contributed by atoms with van der Waals surface area (Å²) in [5.74, 6) is 0.522. The Morgan fingerprint density at radius 2 is 1.67 bits per heavy atom. The van der Waals surface area contributed by atoms with Crippen molar-refractivity contribution in [2.45, 2.75) is 20.4 Å². The van der Waals surface area contributed by atoms with Crippen molar-refractivity contribution in [3.63, 3.8) is 0 Å². The number of nitrogens with one attached hydrogen (secondary N) is 1. The van der Waals surface area contributed by atoms with E-state index < -0.39 is 0 Å². The summed E-state index contributed by atoms with van der Waals surface area (Å²) in [5, 5.41) is 9.47. The first-order chi connectivity index (χ1) is 14.5. The van der Waals surface area contributed by atoms with Crippen molar-refractivity contribution in [3.05, 3.63) is 83.2 Å². The Kier molecular flexibility index (Phi) is 5.91. The van der Waals surface area contributed by atoms with Crippen LogP contribution in [-0.4, -0.2) is 48.2 Å². The molecule has 5 heteroatoms. The molecule has 0 atom stereocenters. The van der Waals surface area contributed by atoms with E-state index >= 15 is 0 Å². The molecule has 1 saturated heterocycles. The van der Waals surface area contributed by atoms with Crippen LogP contribution < -0.4 is 9.80 Å². The second-order valence-corrected chi connectivity index (χ2v) is 8.21. The van der Waals surface area contributed by atoms with Gasteiger partial charge in [0.1, 0.15) is 12.3 Å². The van der Waals surface area contributed by atoms with Crippen LogP contribution in [-0.2, 0) is 6.54 Å². The van der Waals surface area contributed by atoms with Gasteiger partial charge >= 0.3 is 0 Å². The van der Waals surface area contributed by atoms with Gasteiger partial charge in [0.25, 0.3) is 0 Å². The standard InChI is InChI=1S/C25H29N3O2/c1-19-16-24(20(2)28(19)17-21-6-4-3-5-7-21)25(30)18-26-12-14-27(15-13-26)22-8-10-23(29)11-9-22/h3-11,16,29H,12-15,17-18H2,1-2H3/p+1. The molecule has 2 aromatic carbocycles. The first-order valence-electron chi connectivity index (χ1n) is 10.6. The van der Waals surface area contributed by atoms with Crippen molar-refractivity contribution in [1.82, 2.24) is 4.57 Å². The molecule has 5 nitrogen and oxygen atoms in total. The van der Waals surface area contributed by atoms with E-state index in [9.17, 15) is 9.90 Å². The minimum absolute atomic E-state index is 0.232. The maximum absolute atomic E-state index is 13.1. The Labute approximate surface area is 178 Å². The number of nitrogens with zero attached hydrogens (tertiary/aromatic N) is 2. The number of anilines is 1. The average molecular weight is 405 g/mol. The maximum atomic E-state index is 13.1. The third-order valence-electron chi connectivity index (χ3n) is 6.15. The number of benzene rings is 2. The van der Waals surface area contributed by atoms with Crippen molar-refractivity contribution in [3.8, 4) is 5.75 Å². The van der Waals surface area contributed by atoms with Crippen LogP contribution in [0.3, 0.4) is 0 Å². The highest BCUT2D eigenvalue weighted by atomic mass is 16.3. The van der Waals surface area contributed by atoms with E-state index in [2.05, 4.69) is 47.6 Å². The number of aromatic nitrogens is 1. The number of ketones is 1. The summed E-state index contributed by atoms with van der Waals surface area (Å²) in [7, 11) is 0. The molecule has 3 aromatic rings. The van der Waals surface area contributed by atoms with Crippen LogP contribution in [0.4, 0.5) is 5.69 Å². The van der Waals surface area contributed by atoms with E-state index in [1.54, 1.807) is 12.1 Å². The number of Topliss-reactive ketones (excluding diaryl/α,β-unsaturated/α-hetero) is 1. The topological polar surface area (TPSA) is 49.9 Å². The zero-order valence-electron chi connectivity index (χ0n) is 17.8. The Hall–Kier alpha value is -3.05. The lowest BCUT2D eigenvalue weighted by molar-refractivity contribution is -0.892. The second-order valence-electron chi connectivity index (χ2n) is 8.21. The molecule has 0 bridgehead atoms. The highest BCUT2D eigenvalue weighted by Crippen LogP contribution is 2.19. The SMILES string of the molecule is Cc1cc(C(=O)C[NH+]2CCN(c3ccc(O)cc3)CC2)c(C)n1Cc1ccccc1. The van der Waals surface area contributed by atoms with Crippen molar-refractivity contribution in [2.75, 3.05) is 37.6 Å². The van der Waals surface area contributed by atoms with Gasteiger partial charge in [-0.25, -0.2) is 0 Å². The number of aromatic hydroxyl groups is 1. The van der Waals surface area contributed by atoms with E-state index in [4.69, 9.17) is 0 Å². The zero-order chi connectivity index (χ0) is 21.1. The maximum Gasteiger partial charge on any atom is 0.218 e. The molecule has 1 aliphatic heterocycles. The van der Waals surface area contributed by atoms with E-state index in [1.165, 1.54) is 10.5 Å². The molecule has 0 unspecified atom stereocenters. The molecule has 4 rings (SSSR count). The van der Waals surface area contributed by atoms with Gasteiger partial charge in [0.15, 0.2) is 0 Å². The first kappa shape index (κ1) is 20.2. The van der Waals surface area contributed by atoms with Crippen molar-refractivity contribution in [1.29, 1.82) is 0 Å². The zero-order valence-corrected chi connectivity index (χ0v) is 17.8. The lowest BCUT2D eigenvalue weighted by Gasteiger charge is -2.33. The molecule has 1 fully saturated rings. The van der Waals surface area contributed by atoms with Crippen LogP contribution in [0.25, 0.3) is 0 Å². The second kappa shape index (κ2) is 8.76. The average Bonchev–Trinajstić information content (AvgIpc) is 3.04. The van der Waals surface area contributed by atoms with Crippen LogP contribution in [0.1, 0.15) is 27.3 Å². The van der Waals surface area contributed by atoms with Crippen LogP contribution in [0.15, 0.2) is 60.7 Å². The van der Waals surface area contributed by atoms with Gasteiger partial charge in [0.2, 0.25) is 5.78 Å². The Morgan fingerprint density at radius 3 is 2.33 bits per heavy atom. The summed E-state index contributed by atoms with van der Waals surface area (Å²) in [6, 6.07) is 19.8. The highest BCUT2D eigenvalue weighted by Gasteiger charge is 2.25. The summed E-state index contributed by atoms with van der Waals surface area (Å²) >= 11 is 0. The summed E-state index contributed by atoms with van der Waals surface area (Å²) in [4.78, 5) is 16.7. The van der Waals surface area contributed by atoms with Crippen molar-refractivity contribution in [2.24, 2.45) is 0 Å². The predicted octanol–water partition coefficient (Wildman–Crippen LogP) is 2.45. The van der Waals surface area contributed by atoms with Crippen LogP contribution in [0.5, 0.6) is 5.75 Å². The van der Waals surface area contributed by atoms with Gasteiger partial charge in [-0.05, 0) is 49.7 Å². The van der Waals surface area contributed by atoms with E-state index in [0.717, 1.165) is 55.4 Å². The smallest absolute Gasteiger partial charge is 0.218 e. The van der Waals surface area contributed by atoms with Crippen molar-refractivity contribution < 1.29 is 14.8 Å².